The van der Waals surface area contributed by atoms with Gasteiger partial charge in [0.2, 0.25) is 5.91 Å². The first-order chi connectivity index (χ1) is 12.0. The Morgan fingerprint density at radius 1 is 1.04 bits per heavy atom. The molecule has 1 N–H and O–H groups in total. The van der Waals surface area contributed by atoms with Crippen molar-refractivity contribution in [1.29, 1.82) is 0 Å². The van der Waals surface area contributed by atoms with E-state index >= 15 is 0 Å². The van der Waals surface area contributed by atoms with Crippen LogP contribution in [0.25, 0.3) is 0 Å². The van der Waals surface area contributed by atoms with Crippen LogP contribution in [0.3, 0.4) is 0 Å². The zero-order valence-corrected chi connectivity index (χ0v) is 14.6. The van der Waals surface area contributed by atoms with Crippen LogP contribution in [0.15, 0.2) is 48.5 Å². The zero-order chi connectivity index (χ0) is 18.0. The molecule has 5 nitrogen and oxygen atoms in total. The van der Waals surface area contributed by atoms with Gasteiger partial charge in [0.25, 0.3) is 0 Å². The van der Waals surface area contributed by atoms with E-state index in [-0.39, 0.29) is 12.5 Å². The minimum atomic E-state index is -1.08. The maximum atomic E-state index is 12.3. The minimum absolute atomic E-state index is 0.176. The van der Waals surface area contributed by atoms with Crippen LogP contribution in [-0.2, 0) is 14.3 Å². The molecule has 0 radical (unpaired) electrons. The number of carboxylic acids is 1. The first-order valence-electron chi connectivity index (χ1n) is 7.59. The standard InChI is InChI=1S/C18H15Cl2NO4/c19-13-5-1-11(2-6-13)17-18(12-3-7-14(20)8-4-12)25-10-15(22)21(17)9-16(23)24/h1-8,17-18H,9-10H2,(H,23,24). The minimum Gasteiger partial charge on any atom is -0.480 e. The molecule has 0 aliphatic carbocycles. The molecule has 0 bridgehead atoms. The largest absolute Gasteiger partial charge is 0.480 e. The van der Waals surface area contributed by atoms with Gasteiger partial charge in [-0.1, -0.05) is 47.5 Å². The van der Waals surface area contributed by atoms with E-state index in [4.69, 9.17) is 27.9 Å². The molecule has 0 saturated carbocycles. The van der Waals surface area contributed by atoms with Gasteiger partial charge in [-0.05, 0) is 35.4 Å². The average Bonchev–Trinajstić information content (AvgIpc) is 2.58. The number of halogens is 2. The molecule has 1 aliphatic rings. The Hall–Kier alpha value is -2.08. The maximum Gasteiger partial charge on any atom is 0.323 e. The molecule has 7 heteroatoms. The number of carbonyl (C=O) groups excluding carboxylic acids is 1. The van der Waals surface area contributed by atoms with Gasteiger partial charge in [-0.25, -0.2) is 0 Å². The number of carbonyl (C=O) groups is 2. The molecule has 1 amide bonds. The Morgan fingerprint density at radius 3 is 2.08 bits per heavy atom. The van der Waals surface area contributed by atoms with Crippen LogP contribution < -0.4 is 0 Å². The number of hydrogen-bond acceptors (Lipinski definition) is 3. The van der Waals surface area contributed by atoms with Crippen molar-refractivity contribution in [2.75, 3.05) is 13.2 Å². The van der Waals surface area contributed by atoms with Gasteiger partial charge >= 0.3 is 5.97 Å². The second-order valence-corrected chi connectivity index (χ2v) is 6.57. The lowest BCUT2D eigenvalue weighted by molar-refractivity contribution is -0.164. The number of nitrogens with zero attached hydrogens (tertiary/aromatic N) is 1. The lowest BCUT2D eigenvalue weighted by atomic mass is 9.92. The molecule has 1 aliphatic heterocycles. The summed E-state index contributed by atoms with van der Waals surface area (Å²) in [5, 5.41) is 10.4. The molecule has 0 spiro atoms. The number of ether oxygens (including phenoxy) is 1. The molecule has 130 valence electrons. The van der Waals surface area contributed by atoms with Gasteiger partial charge in [0.1, 0.15) is 19.3 Å². The third-order valence-electron chi connectivity index (χ3n) is 4.04. The predicted octanol–water partition coefficient (Wildman–Crippen LogP) is 3.72. The van der Waals surface area contributed by atoms with Crippen LogP contribution in [0.4, 0.5) is 0 Å². The number of carboxylic acid groups (broad SMARTS) is 1. The van der Waals surface area contributed by atoms with Crippen LogP contribution in [0.2, 0.25) is 10.0 Å². The average molecular weight is 380 g/mol. The third-order valence-corrected chi connectivity index (χ3v) is 4.55. The lowest BCUT2D eigenvalue weighted by Crippen LogP contribution is -2.47. The normalized spacial score (nSPS) is 20.6. The number of morpholine rings is 1. The summed E-state index contributed by atoms with van der Waals surface area (Å²) in [6.45, 7) is -0.579. The predicted molar refractivity (Wildman–Crippen MR) is 93.7 cm³/mol. The molecule has 2 aromatic rings. The third kappa shape index (κ3) is 3.95. The van der Waals surface area contributed by atoms with E-state index in [2.05, 4.69) is 0 Å². The molecule has 25 heavy (non-hydrogen) atoms. The van der Waals surface area contributed by atoms with E-state index in [1.54, 1.807) is 36.4 Å². The lowest BCUT2D eigenvalue weighted by Gasteiger charge is -2.40. The van der Waals surface area contributed by atoms with Gasteiger partial charge in [0.05, 0.1) is 6.04 Å². The number of rotatable bonds is 4. The van der Waals surface area contributed by atoms with Crippen molar-refractivity contribution in [1.82, 2.24) is 4.90 Å². The smallest absolute Gasteiger partial charge is 0.323 e. The molecule has 2 aromatic carbocycles. The van der Waals surface area contributed by atoms with Crippen LogP contribution in [0.1, 0.15) is 23.3 Å². The number of hydrogen-bond donors (Lipinski definition) is 1. The summed E-state index contributed by atoms with van der Waals surface area (Å²) in [6, 6.07) is 13.5. The molecule has 1 fully saturated rings. The fraction of sp³-hybridized carbons (Fsp3) is 0.222. The number of aliphatic carboxylic acids is 1. The molecule has 2 unspecified atom stereocenters. The Kier molecular flexibility index (Phi) is 5.27. The highest BCUT2D eigenvalue weighted by Gasteiger charge is 2.39. The van der Waals surface area contributed by atoms with E-state index in [1.807, 2.05) is 12.1 Å². The van der Waals surface area contributed by atoms with Crippen molar-refractivity contribution < 1.29 is 19.4 Å². The quantitative estimate of drug-likeness (QED) is 0.878. The molecule has 2 atom stereocenters. The van der Waals surface area contributed by atoms with Crippen molar-refractivity contribution in [3.05, 3.63) is 69.7 Å². The summed E-state index contributed by atoms with van der Waals surface area (Å²) in [5.41, 5.74) is 1.56. The Labute approximate surface area is 154 Å². The van der Waals surface area contributed by atoms with E-state index in [0.717, 1.165) is 11.1 Å². The van der Waals surface area contributed by atoms with Crippen molar-refractivity contribution in [3.8, 4) is 0 Å². The Balaban J connectivity index is 2.05. The number of amides is 1. The van der Waals surface area contributed by atoms with Gasteiger partial charge in [-0.2, -0.15) is 0 Å². The maximum absolute atomic E-state index is 12.3. The van der Waals surface area contributed by atoms with Gasteiger partial charge in [-0.15, -0.1) is 0 Å². The van der Waals surface area contributed by atoms with Crippen LogP contribution >= 0.6 is 23.2 Å². The fourth-order valence-electron chi connectivity index (χ4n) is 2.93. The highest BCUT2D eigenvalue weighted by Crippen LogP contribution is 2.40. The fourth-order valence-corrected chi connectivity index (χ4v) is 3.18. The van der Waals surface area contributed by atoms with Gasteiger partial charge in [0.15, 0.2) is 0 Å². The second-order valence-electron chi connectivity index (χ2n) is 5.69. The van der Waals surface area contributed by atoms with Gasteiger partial charge < -0.3 is 14.7 Å². The van der Waals surface area contributed by atoms with Crippen LogP contribution in [0, 0.1) is 0 Å². The second kappa shape index (κ2) is 7.44. The SMILES string of the molecule is O=C(O)CN1C(=O)COC(c2ccc(Cl)cc2)C1c1ccc(Cl)cc1. The summed E-state index contributed by atoms with van der Waals surface area (Å²) < 4.78 is 5.77. The van der Waals surface area contributed by atoms with Crippen LogP contribution in [-0.4, -0.2) is 35.0 Å². The summed E-state index contributed by atoms with van der Waals surface area (Å²) in [6.07, 6.45) is -0.504. The Bertz CT molecular complexity index is 777. The van der Waals surface area contributed by atoms with Gasteiger partial charge in [-0.3, -0.25) is 9.59 Å². The van der Waals surface area contributed by atoms with Crippen molar-refractivity contribution in [2.24, 2.45) is 0 Å². The summed E-state index contributed by atoms with van der Waals surface area (Å²) in [5.74, 6) is -1.45. The van der Waals surface area contributed by atoms with E-state index in [9.17, 15) is 14.7 Å². The van der Waals surface area contributed by atoms with Gasteiger partial charge in [0, 0.05) is 10.0 Å². The van der Waals surface area contributed by atoms with E-state index in [1.165, 1.54) is 4.90 Å². The monoisotopic (exact) mass is 379 g/mol. The summed E-state index contributed by atoms with van der Waals surface area (Å²) in [7, 11) is 0. The van der Waals surface area contributed by atoms with E-state index < -0.39 is 24.7 Å². The molecular formula is C18H15Cl2NO4. The van der Waals surface area contributed by atoms with Crippen molar-refractivity contribution >= 4 is 35.1 Å². The van der Waals surface area contributed by atoms with E-state index in [0.29, 0.717) is 10.0 Å². The summed E-state index contributed by atoms with van der Waals surface area (Å²) >= 11 is 11.9. The highest BCUT2D eigenvalue weighted by atomic mass is 35.5. The molecule has 3 rings (SSSR count). The van der Waals surface area contributed by atoms with Crippen molar-refractivity contribution in [3.63, 3.8) is 0 Å². The first kappa shape index (κ1) is 17.7. The van der Waals surface area contributed by atoms with Crippen LogP contribution in [0.5, 0.6) is 0 Å². The van der Waals surface area contributed by atoms with Crippen molar-refractivity contribution in [2.45, 2.75) is 12.1 Å². The zero-order valence-electron chi connectivity index (χ0n) is 13.1. The molecular weight excluding hydrogens is 365 g/mol. The molecule has 1 saturated heterocycles. The summed E-state index contributed by atoms with van der Waals surface area (Å²) in [4.78, 5) is 24.9. The first-order valence-corrected chi connectivity index (χ1v) is 8.35. The number of benzene rings is 2. The molecule has 0 aromatic heterocycles. The molecule has 1 heterocycles. The highest BCUT2D eigenvalue weighted by molar-refractivity contribution is 6.30. The topological polar surface area (TPSA) is 66.8 Å². The Morgan fingerprint density at radius 2 is 1.56 bits per heavy atom.